The number of nitrogens with zero attached hydrogens (tertiary/aromatic N) is 4. The van der Waals surface area contributed by atoms with Crippen LogP contribution in [-0.4, -0.2) is 31.5 Å². The Morgan fingerprint density at radius 1 is 1.00 bits per heavy atom. The number of aryl methyl sites for hydroxylation is 2. The van der Waals surface area contributed by atoms with E-state index in [0.29, 0.717) is 16.9 Å². The van der Waals surface area contributed by atoms with Gasteiger partial charge in [-0.1, -0.05) is 18.2 Å². The Kier molecular flexibility index (Phi) is 4.97. The Hall–Kier alpha value is -2.98. The summed E-state index contributed by atoms with van der Waals surface area (Å²) < 4.78 is 26.8. The molecule has 6 nitrogen and oxygen atoms in total. The van der Waals surface area contributed by atoms with E-state index in [4.69, 9.17) is 4.98 Å². The van der Waals surface area contributed by atoms with Crippen LogP contribution >= 0.6 is 0 Å². The summed E-state index contributed by atoms with van der Waals surface area (Å²) in [5, 5.41) is 8.51. The number of fused-ring (bicyclic) bond motifs is 1. The molecule has 1 aromatic heterocycles. The molecule has 1 saturated heterocycles. The molecule has 1 atom stereocenters. The van der Waals surface area contributed by atoms with Crippen molar-refractivity contribution >= 4 is 26.7 Å². The van der Waals surface area contributed by atoms with E-state index in [1.54, 1.807) is 24.3 Å². The highest BCUT2D eigenvalue weighted by molar-refractivity contribution is 7.92. The number of nitriles is 1. The van der Waals surface area contributed by atoms with Gasteiger partial charge in [0.2, 0.25) is 9.84 Å². The number of rotatable bonds is 4. The zero-order chi connectivity index (χ0) is 20.6. The second-order valence-electron chi connectivity index (χ2n) is 7.42. The first-order chi connectivity index (χ1) is 13.9. The summed E-state index contributed by atoms with van der Waals surface area (Å²) in [4.78, 5) is 11.5. The summed E-state index contributed by atoms with van der Waals surface area (Å²) in [6.07, 6.45) is 2.02. The highest BCUT2D eigenvalue weighted by Crippen LogP contribution is 2.35. The molecule has 0 radical (unpaired) electrons. The fourth-order valence-electron chi connectivity index (χ4n) is 3.65. The minimum atomic E-state index is -3.95. The van der Waals surface area contributed by atoms with Gasteiger partial charge in [0, 0.05) is 13.1 Å². The quantitative estimate of drug-likeness (QED) is 0.653. The molecule has 1 fully saturated rings. The molecule has 0 unspecified atom stereocenters. The van der Waals surface area contributed by atoms with E-state index in [9.17, 15) is 13.7 Å². The summed E-state index contributed by atoms with van der Waals surface area (Å²) >= 11 is 0. The van der Waals surface area contributed by atoms with Crippen molar-refractivity contribution in [3.63, 3.8) is 0 Å². The van der Waals surface area contributed by atoms with Crippen LogP contribution in [0.25, 0.3) is 11.0 Å². The van der Waals surface area contributed by atoms with Gasteiger partial charge in [0.25, 0.3) is 0 Å². The largest absolute Gasteiger partial charge is 0.355 e. The molecule has 0 bridgehead atoms. The van der Waals surface area contributed by atoms with E-state index in [2.05, 4.69) is 4.98 Å². The molecular formula is C22H22N4O2S. The molecule has 7 heteroatoms. The first-order valence-electron chi connectivity index (χ1n) is 9.64. The summed E-state index contributed by atoms with van der Waals surface area (Å²) in [6.45, 7) is 5.35. The highest BCUT2D eigenvalue weighted by Gasteiger charge is 2.35. The summed E-state index contributed by atoms with van der Waals surface area (Å²) in [6, 6.07) is 14.3. The topological polar surface area (TPSA) is 86.9 Å². The maximum absolute atomic E-state index is 13.4. The maximum atomic E-state index is 13.4. The zero-order valence-corrected chi connectivity index (χ0v) is 17.3. The number of para-hydroxylation sites is 2. The fourth-order valence-corrected chi connectivity index (χ4v) is 5.11. The van der Waals surface area contributed by atoms with Crippen molar-refractivity contribution in [2.75, 3.05) is 18.0 Å². The Labute approximate surface area is 170 Å². The Morgan fingerprint density at radius 3 is 2.28 bits per heavy atom. The van der Waals surface area contributed by atoms with Crippen LogP contribution in [0.15, 0.2) is 47.4 Å². The minimum Gasteiger partial charge on any atom is -0.355 e. The SMILES string of the molecule is Cc1ccc(S(=O)(=O)[C@@H](C#N)c2nc3ccccc3nc2N2CCCC2)cc1C. The van der Waals surface area contributed by atoms with E-state index in [1.807, 2.05) is 43.0 Å². The van der Waals surface area contributed by atoms with Crippen LogP contribution in [0.1, 0.15) is 34.9 Å². The van der Waals surface area contributed by atoms with Crippen molar-refractivity contribution in [2.45, 2.75) is 36.8 Å². The molecule has 3 aromatic rings. The van der Waals surface area contributed by atoms with Gasteiger partial charge in [0.15, 0.2) is 11.1 Å². The molecule has 1 aliphatic heterocycles. The molecule has 0 N–H and O–H groups in total. The van der Waals surface area contributed by atoms with Crippen LogP contribution in [0.5, 0.6) is 0 Å². The molecule has 0 amide bonds. The van der Waals surface area contributed by atoms with Gasteiger partial charge in [-0.05, 0) is 62.1 Å². The van der Waals surface area contributed by atoms with Crippen molar-refractivity contribution in [3.05, 3.63) is 59.3 Å². The molecule has 0 aliphatic carbocycles. The Balaban J connectivity index is 1.91. The van der Waals surface area contributed by atoms with Gasteiger partial charge in [0.05, 0.1) is 22.0 Å². The molecule has 1 aliphatic rings. The van der Waals surface area contributed by atoms with Gasteiger partial charge in [-0.3, -0.25) is 0 Å². The average Bonchev–Trinajstić information content (AvgIpc) is 3.24. The monoisotopic (exact) mass is 406 g/mol. The minimum absolute atomic E-state index is 0.134. The van der Waals surface area contributed by atoms with Gasteiger partial charge in [0.1, 0.15) is 5.69 Å². The fraction of sp³-hybridized carbons (Fsp3) is 0.318. The Bertz CT molecular complexity index is 1230. The molecular weight excluding hydrogens is 384 g/mol. The van der Waals surface area contributed by atoms with Crippen molar-refractivity contribution < 1.29 is 8.42 Å². The lowest BCUT2D eigenvalue weighted by Crippen LogP contribution is -2.24. The first kappa shape index (κ1) is 19.3. The third kappa shape index (κ3) is 3.45. The van der Waals surface area contributed by atoms with Gasteiger partial charge < -0.3 is 4.90 Å². The number of anilines is 1. The molecule has 4 rings (SSSR count). The second-order valence-corrected chi connectivity index (χ2v) is 9.45. The molecule has 2 aromatic carbocycles. The molecule has 2 heterocycles. The first-order valence-corrected chi connectivity index (χ1v) is 11.2. The normalized spacial score (nSPS) is 15.4. The van der Waals surface area contributed by atoms with Crippen LogP contribution in [-0.2, 0) is 9.84 Å². The van der Waals surface area contributed by atoms with E-state index < -0.39 is 15.1 Å². The standard InChI is InChI=1S/C22H22N4O2S/c1-15-9-10-17(13-16(15)2)29(27,28)20(14-23)21-22(26-11-5-6-12-26)25-19-8-4-3-7-18(19)24-21/h3-4,7-10,13,20H,5-6,11-12H2,1-2H3/t20-/m0/s1. The van der Waals surface area contributed by atoms with Crippen molar-refractivity contribution in [2.24, 2.45) is 0 Å². The number of hydrogen-bond acceptors (Lipinski definition) is 6. The van der Waals surface area contributed by atoms with Gasteiger partial charge in [-0.2, -0.15) is 5.26 Å². The van der Waals surface area contributed by atoms with Crippen LogP contribution in [0.2, 0.25) is 0 Å². The lowest BCUT2D eigenvalue weighted by atomic mass is 10.1. The van der Waals surface area contributed by atoms with Gasteiger partial charge >= 0.3 is 0 Å². The van der Waals surface area contributed by atoms with Crippen LogP contribution in [0, 0.1) is 25.2 Å². The Morgan fingerprint density at radius 2 is 1.66 bits per heavy atom. The molecule has 0 saturated carbocycles. The van der Waals surface area contributed by atoms with Crippen LogP contribution in [0.3, 0.4) is 0 Å². The predicted molar refractivity (Wildman–Crippen MR) is 112 cm³/mol. The van der Waals surface area contributed by atoms with Gasteiger partial charge in [-0.25, -0.2) is 18.4 Å². The number of sulfone groups is 1. The van der Waals surface area contributed by atoms with E-state index in [0.717, 1.165) is 37.1 Å². The van der Waals surface area contributed by atoms with E-state index in [1.165, 1.54) is 0 Å². The van der Waals surface area contributed by atoms with Crippen molar-refractivity contribution in [1.82, 2.24) is 9.97 Å². The van der Waals surface area contributed by atoms with Crippen molar-refractivity contribution in [3.8, 4) is 6.07 Å². The number of hydrogen-bond donors (Lipinski definition) is 0. The molecule has 148 valence electrons. The van der Waals surface area contributed by atoms with E-state index in [-0.39, 0.29) is 10.6 Å². The zero-order valence-electron chi connectivity index (χ0n) is 16.5. The van der Waals surface area contributed by atoms with Crippen LogP contribution < -0.4 is 4.90 Å². The number of aromatic nitrogens is 2. The molecule has 29 heavy (non-hydrogen) atoms. The third-order valence-electron chi connectivity index (χ3n) is 5.47. The maximum Gasteiger partial charge on any atom is 0.200 e. The van der Waals surface area contributed by atoms with Crippen molar-refractivity contribution in [1.29, 1.82) is 5.26 Å². The second kappa shape index (κ2) is 7.45. The van der Waals surface area contributed by atoms with Crippen LogP contribution in [0.4, 0.5) is 5.82 Å². The third-order valence-corrected chi connectivity index (χ3v) is 7.33. The molecule has 0 spiro atoms. The highest BCUT2D eigenvalue weighted by atomic mass is 32.2. The van der Waals surface area contributed by atoms with Gasteiger partial charge in [-0.15, -0.1) is 0 Å². The summed E-state index contributed by atoms with van der Waals surface area (Å²) in [7, 11) is -3.95. The predicted octanol–water partition coefficient (Wildman–Crippen LogP) is 3.89. The lowest BCUT2D eigenvalue weighted by molar-refractivity contribution is 0.590. The summed E-state index contributed by atoms with van der Waals surface area (Å²) in [5.74, 6) is 0.500. The smallest absolute Gasteiger partial charge is 0.200 e. The van der Waals surface area contributed by atoms with E-state index >= 15 is 0 Å². The number of benzene rings is 2. The average molecular weight is 407 g/mol. The lowest BCUT2D eigenvalue weighted by Gasteiger charge is -2.22. The summed E-state index contributed by atoms with van der Waals surface area (Å²) in [5.41, 5.74) is 3.36.